The van der Waals surface area contributed by atoms with Gasteiger partial charge in [-0.3, -0.25) is 0 Å². The van der Waals surface area contributed by atoms with Crippen LogP contribution in [0.5, 0.6) is 0 Å². The normalized spacial score (nSPS) is 12.6. The van der Waals surface area contributed by atoms with Crippen LogP contribution in [0.2, 0.25) is 0 Å². The smallest absolute Gasteiger partial charge is 0.0804 e. The molecule has 0 aliphatic carbocycles. The van der Waals surface area contributed by atoms with Crippen molar-refractivity contribution in [3.05, 3.63) is 59.9 Å². The van der Waals surface area contributed by atoms with E-state index in [1.54, 1.807) is 0 Å². The molecule has 1 N–H and O–H groups in total. The number of aromatic nitrogens is 1. The van der Waals surface area contributed by atoms with Crippen LogP contribution in [-0.4, -0.2) is 9.67 Å². The summed E-state index contributed by atoms with van der Waals surface area (Å²) < 4.78 is 2.15. The summed E-state index contributed by atoms with van der Waals surface area (Å²) >= 11 is 0. The van der Waals surface area contributed by atoms with E-state index in [-0.39, 0.29) is 6.10 Å². The van der Waals surface area contributed by atoms with E-state index in [1.807, 2.05) is 12.1 Å². The van der Waals surface area contributed by atoms with E-state index < -0.39 is 0 Å². The molecule has 0 fully saturated rings. The molecule has 2 aromatic rings. The number of nitrogens with zero attached hydrogens (tertiary/aromatic N) is 1. The number of hydrogen-bond donors (Lipinski definition) is 1. The van der Waals surface area contributed by atoms with E-state index >= 15 is 0 Å². The van der Waals surface area contributed by atoms with Crippen LogP contribution in [0.1, 0.15) is 37.0 Å². The Kier molecular flexibility index (Phi) is 4.59. The lowest BCUT2D eigenvalue weighted by molar-refractivity contribution is 0.166. The molecule has 0 saturated carbocycles. The summed E-state index contributed by atoms with van der Waals surface area (Å²) in [6, 6.07) is 12.5. The van der Waals surface area contributed by atoms with Gasteiger partial charge in [-0.05, 0) is 30.0 Å². The number of aliphatic hydroxyl groups excluding tert-OH is 1. The van der Waals surface area contributed by atoms with Gasteiger partial charge in [-0.2, -0.15) is 0 Å². The standard InChI is InChI=1S/C16H21NO/c1-2-6-16(18)15-10-12-17(13-15)11-9-14-7-4-3-5-8-14/h3-5,7-8,10,12-13,16,18H,2,6,9,11H2,1H3. The van der Waals surface area contributed by atoms with Crippen molar-refractivity contribution in [2.24, 2.45) is 0 Å². The highest BCUT2D eigenvalue weighted by atomic mass is 16.3. The van der Waals surface area contributed by atoms with Gasteiger partial charge in [0.15, 0.2) is 0 Å². The molecule has 0 spiro atoms. The van der Waals surface area contributed by atoms with Crippen molar-refractivity contribution in [3.8, 4) is 0 Å². The molecule has 0 bridgehead atoms. The summed E-state index contributed by atoms with van der Waals surface area (Å²) in [5.41, 5.74) is 2.38. The van der Waals surface area contributed by atoms with Gasteiger partial charge in [-0.15, -0.1) is 0 Å². The first kappa shape index (κ1) is 12.9. The molecule has 0 aliphatic heterocycles. The SMILES string of the molecule is CCCC(O)c1ccn(CCc2ccccc2)c1. The summed E-state index contributed by atoms with van der Waals surface area (Å²) in [7, 11) is 0. The number of benzene rings is 1. The Morgan fingerprint density at radius 1 is 1.17 bits per heavy atom. The fourth-order valence-electron chi connectivity index (χ4n) is 2.14. The zero-order valence-electron chi connectivity index (χ0n) is 10.9. The van der Waals surface area contributed by atoms with Gasteiger partial charge in [0.1, 0.15) is 0 Å². The maximum absolute atomic E-state index is 9.91. The molecule has 1 atom stereocenters. The molecule has 0 amide bonds. The van der Waals surface area contributed by atoms with Gasteiger partial charge in [-0.1, -0.05) is 43.7 Å². The van der Waals surface area contributed by atoms with Gasteiger partial charge < -0.3 is 9.67 Å². The molecule has 1 unspecified atom stereocenters. The average Bonchev–Trinajstić information content (AvgIpc) is 2.87. The molecular formula is C16H21NO. The molecule has 1 aromatic carbocycles. The van der Waals surface area contributed by atoms with Crippen LogP contribution in [-0.2, 0) is 13.0 Å². The largest absolute Gasteiger partial charge is 0.388 e. The summed E-state index contributed by atoms with van der Waals surface area (Å²) in [6.07, 6.45) is 6.67. The van der Waals surface area contributed by atoms with Gasteiger partial charge in [-0.25, -0.2) is 0 Å². The minimum atomic E-state index is -0.312. The minimum Gasteiger partial charge on any atom is -0.388 e. The molecule has 0 aliphatic rings. The first-order chi connectivity index (χ1) is 8.79. The molecule has 96 valence electrons. The molecular weight excluding hydrogens is 222 g/mol. The van der Waals surface area contributed by atoms with E-state index in [2.05, 4.69) is 48.1 Å². The summed E-state index contributed by atoms with van der Waals surface area (Å²) in [5.74, 6) is 0. The molecule has 2 heteroatoms. The van der Waals surface area contributed by atoms with E-state index in [0.717, 1.165) is 31.4 Å². The molecule has 1 aromatic heterocycles. The zero-order valence-corrected chi connectivity index (χ0v) is 10.9. The number of aryl methyl sites for hydroxylation is 2. The Morgan fingerprint density at radius 2 is 1.94 bits per heavy atom. The van der Waals surface area contributed by atoms with Crippen LogP contribution in [0.25, 0.3) is 0 Å². The Bertz CT molecular complexity index is 461. The first-order valence-electron chi connectivity index (χ1n) is 6.67. The molecule has 0 saturated heterocycles. The fourth-order valence-corrected chi connectivity index (χ4v) is 2.14. The topological polar surface area (TPSA) is 25.2 Å². The maximum atomic E-state index is 9.91. The summed E-state index contributed by atoms with van der Waals surface area (Å²) in [6.45, 7) is 3.05. The Balaban J connectivity index is 1.91. The van der Waals surface area contributed by atoms with Crippen molar-refractivity contribution in [2.45, 2.75) is 38.8 Å². The average molecular weight is 243 g/mol. The van der Waals surface area contributed by atoms with Crippen molar-refractivity contribution in [1.29, 1.82) is 0 Å². The van der Waals surface area contributed by atoms with Crippen molar-refractivity contribution < 1.29 is 5.11 Å². The highest BCUT2D eigenvalue weighted by Crippen LogP contribution is 2.18. The fraction of sp³-hybridized carbons (Fsp3) is 0.375. The highest BCUT2D eigenvalue weighted by Gasteiger charge is 2.07. The van der Waals surface area contributed by atoms with Crippen LogP contribution >= 0.6 is 0 Å². The second kappa shape index (κ2) is 6.41. The van der Waals surface area contributed by atoms with E-state index in [9.17, 15) is 5.11 Å². The summed E-state index contributed by atoms with van der Waals surface area (Å²) in [4.78, 5) is 0. The van der Waals surface area contributed by atoms with Crippen LogP contribution in [0.15, 0.2) is 48.8 Å². The van der Waals surface area contributed by atoms with E-state index in [4.69, 9.17) is 0 Å². The van der Waals surface area contributed by atoms with E-state index in [0.29, 0.717) is 0 Å². The quantitative estimate of drug-likeness (QED) is 0.824. The molecule has 0 radical (unpaired) electrons. The van der Waals surface area contributed by atoms with Crippen molar-refractivity contribution in [3.63, 3.8) is 0 Å². The van der Waals surface area contributed by atoms with Gasteiger partial charge in [0.25, 0.3) is 0 Å². The van der Waals surface area contributed by atoms with Crippen molar-refractivity contribution >= 4 is 0 Å². The second-order valence-corrected chi connectivity index (χ2v) is 4.72. The zero-order chi connectivity index (χ0) is 12.8. The number of aliphatic hydroxyl groups is 1. The Labute approximate surface area is 109 Å². The highest BCUT2D eigenvalue weighted by molar-refractivity contribution is 5.16. The molecule has 2 nitrogen and oxygen atoms in total. The van der Waals surface area contributed by atoms with E-state index in [1.165, 1.54) is 5.56 Å². The lowest BCUT2D eigenvalue weighted by Gasteiger charge is -2.06. The molecule has 18 heavy (non-hydrogen) atoms. The minimum absolute atomic E-state index is 0.312. The second-order valence-electron chi connectivity index (χ2n) is 4.72. The van der Waals surface area contributed by atoms with Crippen LogP contribution in [0.4, 0.5) is 0 Å². The third-order valence-corrected chi connectivity index (χ3v) is 3.22. The maximum Gasteiger partial charge on any atom is 0.0804 e. The Morgan fingerprint density at radius 3 is 2.67 bits per heavy atom. The van der Waals surface area contributed by atoms with Crippen LogP contribution in [0, 0.1) is 0 Å². The first-order valence-corrected chi connectivity index (χ1v) is 6.67. The van der Waals surface area contributed by atoms with Crippen molar-refractivity contribution in [2.75, 3.05) is 0 Å². The molecule has 2 rings (SSSR count). The van der Waals surface area contributed by atoms with Crippen LogP contribution < -0.4 is 0 Å². The van der Waals surface area contributed by atoms with Gasteiger partial charge in [0.2, 0.25) is 0 Å². The van der Waals surface area contributed by atoms with Gasteiger partial charge in [0.05, 0.1) is 6.10 Å². The lowest BCUT2D eigenvalue weighted by atomic mass is 10.1. The van der Waals surface area contributed by atoms with Gasteiger partial charge >= 0.3 is 0 Å². The van der Waals surface area contributed by atoms with Gasteiger partial charge in [0, 0.05) is 18.9 Å². The van der Waals surface area contributed by atoms with Crippen molar-refractivity contribution in [1.82, 2.24) is 4.57 Å². The lowest BCUT2D eigenvalue weighted by Crippen LogP contribution is -1.99. The molecule has 1 heterocycles. The monoisotopic (exact) mass is 243 g/mol. The third-order valence-electron chi connectivity index (χ3n) is 3.22. The predicted octanol–water partition coefficient (Wildman–Crippen LogP) is 3.56. The summed E-state index contributed by atoms with van der Waals surface area (Å²) in [5, 5.41) is 9.91. The predicted molar refractivity (Wildman–Crippen MR) is 74.4 cm³/mol. The number of rotatable bonds is 6. The Hall–Kier alpha value is -1.54. The van der Waals surface area contributed by atoms with Crippen LogP contribution in [0.3, 0.4) is 0 Å². The number of hydrogen-bond acceptors (Lipinski definition) is 1. The third kappa shape index (κ3) is 3.47.